The molecule has 0 spiro atoms. The Labute approximate surface area is 144 Å². The van der Waals surface area contributed by atoms with E-state index in [1.54, 1.807) is 23.1 Å². The van der Waals surface area contributed by atoms with Crippen LogP contribution in [0.25, 0.3) is 11.3 Å². The predicted molar refractivity (Wildman–Crippen MR) is 94.9 cm³/mol. The molecule has 23 heavy (non-hydrogen) atoms. The Balaban J connectivity index is 1.71. The van der Waals surface area contributed by atoms with Crippen LogP contribution in [0.1, 0.15) is 49.2 Å². The van der Waals surface area contributed by atoms with E-state index in [9.17, 15) is 0 Å². The van der Waals surface area contributed by atoms with Crippen LogP contribution >= 0.6 is 23.1 Å². The molecule has 6 heteroatoms. The second kappa shape index (κ2) is 6.84. The van der Waals surface area contributed by atoms with Crippen molar-refractivity contribution < 1.29 is 4.52 Å². The molecular formula is C17H19N3OS2. The maximum absolute atomic E-state index is 5.36. The van der Waals surface area contributed by atoms with E-state index in [0.29, 0.717) is 5.89 Å². The summed E-state index contributed by atoms with van der Waals surface area (Å²) in [6, 6.07) is 8.43. The van der Waals surface area contributed by atoms with Gasteiger partial charge in [0.05, 0.1) is 10.9 Å². The van der Waals surface area contributed by atoms with Gasteiger partial charge in [0.25, 0.3) is 0 Å². The van der Waals surface area contributed by atoms with Gasteiger partial charge in [0.2, 0.25) is 5.89 Å². The molecule has 0 aliphatic heterocycles. The molecule has 0 saturated heterocycles. The lowest BCUT2D eigenvalue weighted by Gasteiger charge is -2.02. The van der Waals surface area contributed by atoms with E-state index in [4.69, 9.17) is 9.51 Å². The smallest absolute Gasteiger partial charge is 0.239 e. The van der Waals surface area contributed by atoms with E-state index in [0.717, 1.165) is 21.4 Å². The number of aryl methyl sites for hydroxylation is 1. The highest BCUT2D eigenvalue weighted by molar-refractivity contribution is 8.01. The quantitative estimate of drug-likeness (QED) is 0.573. The van der Waals surface area contributed by atoms with Gasteiger partial charge in [0, 0.05) is 16.9 Å². The molecule has 0 bridgehead atoms. The van der Waals surface area contributed by atoms with Crippen molar-refractivity contribution in [1.29, 1.82) is 0 Å². The van der Waals surface area contributed by atoms with Gasteiger partial charge in [-0.1, -0.05) is 60.6 Å². The number of nitrogens with zero attached hydrogens (tertiary/aromatic N) is 3. The van der Waals surface area contributed by atoms with Crippen LogP contribution < -0.4 is 0 Å². The minimum absolute atomic E-state index is 0.0898. The molecule has 0 radical (unpaired) electrons. The average Bonchev–Trinajstić information content (AvgIpc) is 3.17. The second-order valence-electron chi connectivity index (χ2n) is 5.77. The van der Waals surface area contributed by atoms with Crippen LogP contribution in [0.5, 0.6) is 0 Å². The SMILES string of the molecule is Cc1ccc(-c2csc(S[C@H](C)c3nc(C(C)C)no3)n2)cc1. The lowest BCUT2D eigenvalue weighted by Crippen LogP contribution is -1.92. The molecule has 0 saturated carbocycles. The zero-order valence-corrected chi connectivity index (χ0v) is 15.2. The molecular weight excluding hydrogens is 326 g/mol. The van der Waals surface area contributed by atoms with Crippen molar-refractivity contribution in [3.63, 3.8) is 0 Å². The summed E-state index contributed by atoms with van der Waals surface area (Å²) < 4.78 is 6.37. The van der Waals surface area contributed by atoms with Crippen LogP contribution in [-0.2, 0) is 0 Å². The molecule has 0 fully saturated rings. The molecule has 0 amide bonds. The van der Waals surface area contributed by atoms with Gasteiger partial charge in [-0.15, -0.1) is 11.3 Å². The number of benzene rings is 1. The molecule has 0 aliphatic carbocycles. The number of thioether (sulfide) groups is 1. The lowest BCUT2D eigenvalue weighted by atomic mass is 10.1. The van der Waals surface area contributed by atoms with Crippen LogP contribution in [-0.4, -0.2) is 15.1 Å². The first-order valence-corrected chi connectivity index (χ1v) is 9.31. The first-order chi connectivity index (χ1) is 11.0. The Morgan fingerprint density at radius 3 is 2.48 bits per heavy atom. The highest BCUT2D eigenvalue weighted by Crippen LogP contribution is 2.37. The monoisotopic (exact) mass is 345 g/mol. The Hall–Kier alpha value is -1.66. The Morgan fingerprint density at radius 1 is 1.09 bits per heavy atom. The summed E-state index contributed by atoms with van der Waals surface area (Å²) in [6.07, 6.45) is 0. The Bertz CT molecular complexity index is 777. The second-order valence-corrected chi connectivity index (χ2v) is 8.22. The maximum atomic E-state index is 5.36. The summed E-state index contributed by atoms with van der Waals surface area (Å²) in [6.45, 7) is 8.26. The summed E-state index contributed by atoms with van der Waals surface area (Å²) in [7, 11) is 0. The van der Waals surface area contributed by atoms with Gasteiger partial charge in [-0.05, 0) is 13.8 Å². The first-order valence-electron chi connectivity index (χ1n) is 7.55. The van der Waals surface area contributed by atoms with E-state index in [-0.39, 0.29) is 11.2 Å². The number of aromatic nitrogens is 3. The van der Waals surface area contributed by atoms with E-state index in [2.05, 4.69) is 67.5 Å². The molecule has 120 valence electrons. The van der Waals surface area contributed by atoms with Crippen LogP contribution in [0.3, 0.4) is 0 Å². The summed E-state index contributed by atoms with van der Waals surface area (Å²) in [5, 5.41) is 6.20. The summed E-state index contributed by atoms with van der Waals surface area (Å²) in [5.41, 5.74) is 3.41. The summed E-state index contributed by atoms with van der Waals surface area (Å²) in [5.74, 6) is 1.69. The van der Waals surface area contributed by atoms with Crippen molar-refractivity contribution in [2.24, 2.45) is 0 Å². The third-order valence-electron chi connectivity index (χ3n) is 3.43. The topological polar surface area (TPSA) is 51.8 Å². The fourth-order valence-electron chi connectivity index (χ4n) is 2.02. The molecule has 2 heterocycles. The summed E-state index contributed by atoms with van der Waals surface area (Å²) >= 11 is 3.30. The largest absolute Gasteiger partial charge is 0.338 e. The number of hydrogen-bond donors (Lipinski definition) is 0. The maximum Gasteiger partial charge on any atom is 0.239 e. The predicted octanol–water partition coefficient (Wildman–Crippen LogP) is 5.48. The van der Waals surface area contributed by atoms with Crippen LogP contribution in [0.4, 0.5) is 0 Å². The van der Waals surface area contributed by atoms with Gasteiger partial charge in [-0.25, -0.2) is 4.98 Å². The molecule has 1 atom stereocenters. The van der Waals surface area contributed by atoms with E-state index in [1.807, 2.05) is 0 Å². The lowest BCUT2D eigenvalue weighted by molar-refractivity contribution is 0.373. The van der Waals surface area contributed by atoms with Crippen molar-refractivity contribution in [3.8, 4) is 11.3 Å². The van der Waals surface area contributed by atoms with Crippen LogP contribution in [0, 0.1) is 6.92 Å². The third kappa shape index (κ3) is 3.82. The molecule has 0 aliphatic rings. The van der Waals surface area contributed by atoms with Crippen molar-refractivity contribution in [1.82, 2.24) is 15.1 Å². The van der Waals surface area contributed by atoms with E-state index >= 15 is 0 Å². The van der Waals surface area contributed by atoms with Gasteiger partial charge in [-0.2, -0.15) is 4.98 Å². The minimum atomic E-state index is 0.0898. The van der Waals surface area contributed by atoms with Crippen molar-refractivity contribution >= 4 is 23.1 Å². The third-order valence-corrected chi connectivity index (χ3v) is 5.49. The zero-order valence-electron chi connectivity index (χ0n) is 13.6. The van der Waals surface area contributed by atoms with Crippen molar-refractivity contribution in [3.05, 3.63) is 46.9 Å². The van der Waals surface area contributed by atoms with Gasteiger partial charge in [0.1, 0.15) is 0 Å². The fourth-order valence-corrected chi connectivity index (χ4v) is 4.02. The van der Waals surface area contributed by atoms with Crippen LogP contribution in [0.2, 0.25) is 0 Å². The Kier molecular flexibility index (Phi) is 4.82. The highest BCUT2D eigenvalue weighted by Gasteiger charge is 2.18. The van der Waals surface area contributed by atoms with Crippen LogP contribution in [0.15, 0.2) is 38.5 Å². The molecule has 3 aromatic rings. The van der Waals surface area contributed by atoms with E-state index < -0.39 is 0 Å². The molecule has 2 aromatic heterocycles. The normalized spacial score (nSPS) is 12.7. The van der Waals surface area contributed by atoms with Crippen molar-refractivity contribution in [2.45, 2.75) is 43.2 Å². The number of hydrogen-bond acceptors (Lipinski definition) is 6. The molecule has 0 N–H and O–H groups in total. The molecule has 4 nitrogen and oxygen atoms in total. The molecule has 0 unspecified atom stereocenters. The van der Waals surface area contributed by atoms with E-state index in [1.165, 1.54) is 5.56 Å². The Morgan fingerprint density at radius 2 is 1.83 bits per heavy atom. The number of rotatable bonds is 5. The first kappa shape index (κ1) is 16.2. The molecule has 3 rings (SSSR count). The van der Waals surface area contributed by atoms with Gasteiger partial charge in [-0.3, -0.25) is 0 Å². The zero-order chi connectivity index (χ0) is 16.4. The van der Waals surface area contributed by atoms with Gasteiger partial charge < -0.3 is 4.52 Å². The highest BCUT2D eigenvalue weighted by atomic mass is 32.2. The average molecular weight is 345 g/mol. The van der Waals surface area contributed by atoms with Crippen molar-refractivity contribution in [2.75, 3.05) is 0 Å². The fraction of sp³-hybridized carbons (Fsp3) is 0.353. The molecule has 1 aromatic carbocycles. The number of thiazole rings is 1. The van der Waals surface area contributed by atoms with Gasteiger partial charge in [0.15, 0.2) is 10.2 Å². The summed E-state index contributed by atoms with van der Waals surface area (Å²) in [4.78, 5) is 9.17. The standard InChI is InChI=1S/C17H19N3OS2/c1-10(2)15-19-16(21-20-15)12(4)23-17-18-14(9-22-17)13-7-5-11(3)6-8-13/h5-10,12H,1-4H3/t12-/m1/s1. The minimum Gasteiger partial charge on any atom is -0.338 e. The van der Waals surface area contributed by atoms with Gasteiger partial charge >= 0.3 is 0 Å².